The summed E-state index contributed by atoms with van der Waals surface area (Å²) >= 11 is 6.24. The molecule has 0 saturated carbocycles. The molecule has 0 bridgehead atoms. The Morgan fingerprint density at radius 1 is 1.30 bits per heavy atom. The van der Waals surface area contributed by atoms with Crippen LogP contribution in [-0.2, 0) is 20.0 Å². The summed E-state index contributed by atoms with van der Waals surface area (Å²) in [5.74, 6) is 1.89. The van der Waals surface area contributed by atoms with E-state index in [0.717, 1.165) is 35.8 Å². The number of hydrogen-bond acceptors (Lipinski definition) is 3. The molecule has 6 heteroatoms. The van der Waals surface area contributed by atoms with Crippen LogP contribution in [0.2, 0.25) is 0 Å². The Balaban J connectivity index is 1.97. The zero-order valence-corrected chi connectivity index (χ0v) is 12.2. The highest BCUT2D eigenvalue weighted by Crippen LogP contribution is 2.23. The lowest BCUT2D eigenvalue weighted by Crippen LogP contribution is -2.09. The van der Waals surface area contributed by atoms with Gasteiger partial charge in [0.05, 0.1) is 5.38 Å². The summed E-state index contributed by atoms with van der Waals surface area (Å²) in [5, 5.41) is -0.148. The molecular formula is C14H16ClN5. The lowest BCUT2D eigenvalue weighted by atomic mass is 10.3. The summed E-state index contributed by atoms with van der Waals surface area (Å²) in [6.45, 7) is 2.70. The number of hydrogen-bond donors (Lipinski definition) is 0. The zero-order chi connectivity index (χ0) is 14.1. The summed E-state index contributed by atoms with van der Waals surface area (Å²) in [7, 11) is 2.00. The van der Waals surface area contributed by atoms with E-state index in [2.05, 4.69) is 19.5 Å². The van der Waals surface area contributed by atoms with Gasteiger partial charge in [-0.1, -0.05) is 0 Å². The predicted molar refractivity (Wildman–Crippen MR) is 78.7 cm³/mol. The molecule has 0 amide bonds. The van der Waals surface area contributed by atoms with Crippen LogP contribution in [0.25, 0.3) is 11.2 Å². The molecular weight excluding hydrogens is 274 g/mol. The van der Waals surface area contributed by atoms with Crippen molar-refractivity contribution >= 4 is 22.8 Å². The predicted octanol–water partition coefficient (Wildman–Crippen LogP) is 2.71. The van der Waals surface area contributed by atoms with E-state index in [1.54, 1.807) is 6.20 Å². The third kappa shape index (κ3) is 2.29. The van der Waals surface area contributed by atoms with Crippen LogP contribution < -0.4 is 0 Å². The SMILES string of the molecule is CC(Cl)c1nc2cccnc2n1CCc1nccn1C. The number of fused-ring (bicyclic) bond motifs is 1. The van der Waals surface area contributed by atoms with E-state index in [9.17, 15) is 0 Å². The molecule has 20 heavy (non-hydrogen) atoms. The Kier molecular flexibility index (Phi) is 3.44. The normalized spacial score (nSPS) is 12.9. The second-order valence-electron chi connectivity index (χ2n) is 4.79. The van der Waals surface area contributed by atoms with Gasteiger partial charge in [-0.3, -0.25) is 0 Å². The van der Waals surface area contributed by atoms with Crippen LogP contribution in [0.1, 0.15) is 23.9 Å². The third-order valence-corrected chi connectivity index (χ3v) is 3.56. The molecule has 3 aromatic heterocycles. The first-order valence-electron chi connectivity index (χ1n) is 6.58. The lowest BCUT2D eigenvalue weighted by molar-refractivity contribution is 0.630. The maximum Gasteiger partial charge on any atom is 0.160 e. The molecule has 0 saturated heterocycles. The molecule has 0 aliphatic carbocycles. The Hall–Kier alpha value is -1.88. The molecule has 104 valence electrons. The van der Waals surface area contributed by atoms with Gasteiger partial charge in [0.15, 0.2) is 5.65 Å². The van der Waals surface area contributed by atoms with Crippen LogP contribution in [0, 0.1) is 0 Å². The van der Waals surface area contributed by atoms with Crippen molar-refractivity contribution in [2.24, 2.45) is 7.05 Å². The van der Waals surface area contributed by atoms with E-state index in [4.69, 9.17) is 11.6 Å². The van der Waals surface area contributed by atoms with Gasteiger partial charge in [0, 0.05) is 38.6 Å². The molecule has 3 rings (SSSR count). The topological polar surface area (TPSA) is 48.5 Å². The quantitative estimate of drug-likeness (QED) is 0.694. The second kappa shape index (κ2) is 5.25. The van der Waals surface area contributed by atoms with Crippen LogP contribution in [0.15, 0.2) is 30.7 Å². The van der Waals surface area contributed by atoms with Crippen molar-refractivity contribution in [3.05, 3.63) is 42.4 Å². The third-order valence-electron chi connectivity index (χ3n) is 3.37. The van der Waals surface area contributed by atoms with Crippen molar-refractivity contribution in [3.8, 4) is 0 Å². The fourth-order valence-corrected chi connectivity index (χ4v) is 2.52. The summed E-state index contributed by atoms with van der Waals surface area (Å²) in [5.41, 5.74) is 1.76. The molecule has 5 nitrogen and oxygen atoms in total. The first kappa shape index (κ1) is 13.1. The van der Waals surface area contributed by atoms with Crippen molar-refractivity contribution in [3.63, 3.8) is 0 Å². The minimum absolute atomic E-state index is 0.148. The van der Waals surface area contributed by atoms with E-state index in [0.29, 0.717) is 0 Å². The molecule has 0 radical (unpaired) electrons. The molecule has 0 spiro atoms. The average molecular weight is 290 g/mol. The van der Waals surface area contributed by atoms with Gasteiger partial charge in [-0.25, -0.2) is 15.0 Å². The van der Waals surface area contributed by atoms with Crippen LogP contribution in [-0.4, -0.2) is 24.1 Å². The first-order valence-corrected chi connectivity index (χ1v) is 7.02. The molecule has 0 N–H and O–H groups in total. The molecule has 1 atom stereocenters. The molecule has 0 aromatic carbocycles. The van der Waals surface area contributed by atoms with E-state index in [-0.39, 0.29) is 5.38 Å². The van der Waals surface area contributed by atoms with Crippen molar-refractivity contribution in [2.45, 2.75) is 25.3 Å². The Morgan fingerprint density at radius 3 is 2.85 bits per heavy atom. The number of pyridine rings is 1. The fraction of sp³-hybridized carbons (Fsp3) is 0.357. The standard InChI is InChI=1S/C14H16ClN5/c1-10(15)13-18-11-4-3-6-17-14(11)20(13)8-5-12-16-7-9-19(12)2/h3-4,6-7,9-10H,5,8H2,1-2H3. The highest BCUT2D eigenvalue weighted by molar-refractivity contribution is 6.20. The van der Waals surface area contributed by atoms with Gasteiger partial charge in [-0.2, -0.15) is 0 Å². The second-order valence-corrected chi connectivity index (χ2v) is 5.44. The number of alkyl halides is 1. The Morgan fingerprint density at radius 2 is 2.15 bits per heavy atom. The van der Waals surface area contributed by atoms with Crippen molar-refractivity contribution < 1.29 is 0 Å². The smallest absolute Gasteiger partial charge is 0.160 e. The largest absolute Gasteiger partial charge is 0.338 e. The minimum atomic E-state index is -0.148. The number of imidazole rings is 2. The van der Waals surface area contributed by atoms with Gasteiger partial charge in [0.2, 0.25) is 0 Å². The number of aryl methyl sites for hydroxylation is 3. The maximum atomic E-state index is 6.24. The van der Waals surface area contributed by atoms with Crippen LogP contribution in [0.5, 0.6) is 0 Å². The molecule has 0 aliphatic rings. The maximum absolute atomic E-state index is 6.24. The summed E-state index contributed by atoms with van der Waals surface area (Å²) in [6, 6.07) is 3.85. The summed E-state index contributed by atoms with van der Waals surface area (Å²) in [6.07, 6.45) is 6.36. The van der Waals surface area contributed by atoms with E-state index < -0.39 is 0 Å². The Bertz CT molecular complexity index is 728. The van der Waals surface area contributed by atoms with E-state index >= 15 is 0 Å². The number of nitrogens with zero attached hydrogens (tertiary/aromatic N) is 5. The average Bonchev–Trinajstić information content (AvgIpc) is 3.00. The lowest BCUT2D eigenvalue weighted by Gasteiger charge is -2.09. The van der Waals surface area contributed by atoms with Gasteiger partial charge >= 0.3 is 0 Å². The summed E-state index contributed by atoms with van der Waals surface area (Å²) < 4.78 is 4.11. The van der Waals surface area contributed by atoms with Crippen LogP contribution in [0.4, 0.5) is 0 Å². The van der Waals surface area contributed by atoms with Crippen LogP contribution >= 0.6 is 11.6 Å². The molecule has 3 heterocycles. The van der Waals surface area contributed by atoms with Crippen LogP contribution in [0.3, 0.4) is 0 Å². The van der Waals surface area contributed by atoms with Gasteiger partial charge in [-0.05, 0) is 19.1 Å². The zero-order valence-electron chi connectivity index (χ0n) is 11.5. The van der Waals surface area contributed by atoms with E-state index in [1.807, 2.05) is 43.1 Å². The molecule has 0 fully saturated rings. The number of aromatic nitrogens is 5. The fourth-order valence-electron chi connectivity index (χ4n) is 2.35. The van der Waals surface area contributed by atoms with E-state index in [1.165, 1.54) is 0 Å². The number of rotatable bonds is 4. The van der Waals surface area contributed by atoms with Gasteiger partial charge in [0.1, 0.15) is 17.2 Å². The van der Waals surface area contributed by atoms with Gasteiger partial charge in [0.25, 0.3) is 0 Å². The minimum Gasteiger partial charge on any atom is -0.338 e. The number of halogens is 1. The van der Waals surface area contributed by atoms with Crippen molar-refractivity contribution in [1.29, 1.82) is 0 Å². The van der Waals surface area contributed by atoms with Gasteiger partial charge in [-0.15, -0.1) is 11.6 Å². The first-order chi connectivity index (χ1) is 9.66. The molecule has 0 aliphatic heterocycles. The monoisotopic (exact) mass is 289 g/mol. The highest BCUT2D eigenvalue weighted by atomic mass is 35.5. The molecule has 1 unspecified atom stereocenters. The van der Waals surface area contributed by atoms with Gasteiger partial charge < -0.3 is 9.13 Å². The highest BCUT2D eigenvalue weighted by Gasteiger charge is 2.15. The van der Waals surface area contributed by atoms with Crippen molar-refractivity contribution in [2.75, 3.05) is 0 Å². The Labute approximate surface area is 122 Å². The van der Waals surface area contributed by atoms with Crippen molar-refractivity contribution in [1.82, 2.24) is 24.1 Å². The summed E-state index contributed by atoms with van der Waals surface area (Å²) in [4.78, 5) is 13.3. The molecule has 3 aromatic rings.